The number of carbonyl (C=O) groups is 2. The minimum absolute atomic E-state index is 0.160. The predicted octanol–water partition coefficient (Wildman–Crippen LogP) is 3.28. The first-order chi connectivity index (χ1) is 11.6. The van der Waals surface area contributed by atoms with E-state index < -0.39 is 0 Å². The van der Waals surface area contributed by atoms with Crippen molar-refractivity contribution in [1.29, 1.82) is 0 Å². The Morgan fingerprint density at radius 3 is 2.71 bits per heavy atom. The molecule has 1 aromatic heterocycles. The molecule has 0 saturated carbocycles. The van der Waals surface area contributed by atoms with Gasteiger partial charge in [0, 0.05) is 18.2 Å². The fourth-order valence-corrected chi connectivity index (χ4v) is 2.13. The van der Waals surface area contributed by atoms with Crippen molar-refractivity contribution in [2.45, 2.75) is 26.7 Å². The Morgan fingerprint density at radius 2 is 2.04 bits per heavy atom. The Balaban J connectivity index is 2.16. The van der Waals surface area contributed by atoms with Crippen LogP contribution in [-0.4, -0.2) is 18.4 Å². The van der Waals surface area contributed by atoms with Gasteiger partial charge in [0.1, 0.15) is 11.5 Å². The van der Waals surface area contributed by atoms with Crippen molar-refractivity contribution < 1.29 is 14.0 Å². The van der Waals surface area contributed by atoms with Crippen molar-refractivity contribution in [3.05, 3.63) is 65.2 Å². The third-order valence-electron chi connectivity index (χ3n) is 3.42. The van der Waals surface area contributed by atoms with Crippen molar-refractivity contribution in [3.8, 4) is 0 Å². The summed E-state index contributed by atoms with van der Waals surface area (Å²) >= 11 is 0. The van der Waals surface area contributed by atoms with Crippen molar-refractivity contribution in [1.82, 2.24) is 10.6 Å². The Hall–Kier alpha value is -2.82. The molecule has 0 radical (unpaired) electrons. The van der Waals surface area contributed by atoms with Crippen LogP contribution in [-0.2, 0) is 4.79 Å². The molecule has 2 amide bonds. The largest absolute Gasteiger partial charge is 0.465 e. The van der Waals surface area contributed by atoms with Crippen molar-refractivity contribution in [2.75, 3.05) is 6.54 Å². The van der Waals surface area contributed by atoms with E-state index >= 15 is 0 Å². The Morgan fingerprint density at radius 1 is 1.21 bits per heavy atom. The topological polar surface area (TPSA) is 71.3 Å². The molecule has 0 bridgehead atoms. The predicted molar refractivity (Wildman–Crippen MR) is 93.2 cm³/mol. The van der Waals surface area contributed by atoms with Crippen LogP contribution in [0.25, 0.3) is 6.08 Å². The number of hydrogen-bond donors (Lipinski definition) is 2. The smallest absolute Gasteiger partial charge is 0.267 e. The number of furan rings is 1. The van der Waals surface area contributed by atoms with Gasteiger partial charge in [-0.05, 0) is 37.6 Å². The number of hydrogen-bond acceptors (Lipinski definition) is 3. The summed E-state index contributed by atoms with van der Waals surface area (Å²) in [4.78, 5) is 24.7. The molecule has 0 atom stereocenters. The molecule has 2 aromatic rings. The van der Waals surface area contributed by atoms with Crippen LogP contribution in [0.15, 0.2) is 52.8 Å². The van der Waals surface area contributed by atoms with Gasteiger partial charge in [0.25, 0.3) is 11.8 Å². The molecule has 0 aliphatic carbocycles. The van der Waals surface area contributed by atoms with E-state index in [0.717, 1.165) is 18.4 Å². The summed E-state index contributed by atoms with van der Waals surface area (Å²) in [6, 6.07) is 10.6. The van der Waals surface area contributed by atoms with Gasteiger partial charge in [-0.1, -0.05) is 31.0 Å². The Labute approximate surface area is 141 Å². The van der Waals surface area contributed by atoms with Gasteiger partial charge in [-0.15, -0.1) is 0 Å². The Bertz CT molecular complexity index is 718. The van der Waals surface area contributed by atoms with Crippen LogP contribution in [0.1, 0.15) is 41.4 Å². The van der Waals surface area contributed by atoms with Crippen LogP contribution in [0, 0.1) is 6.92 Å². The molecule has 2 N–H and O–H groups in total. The Kier molecular flexibility index (Phi) is 6.37. The molecule has 1 aromatic carbocycles. The maximum atomic E-state index is 12.4. The first-order valence-corrected chi connectivity index (χ1v) is 8.01. The van der Waals surface area contributed by atoms with Crippen molar-refractivity contribution >= 4 is 17.9 Å². The van der Waals surface area contributed by atoms with Gasteiger partial charge in [-0.3, -0.25) is 9.59 Å². The zero-order valence-electron chi connectivity index (χ0n) is 14.0. The summed E-state index contributed by atoms with van der Waals surface area (Å²) in [5, 5.41) is 5.48. The van der Waals surface area contributed by atoms with Gasteiger partial charge in [0.15, 0.2) is 0 Å². The first-order valence-electron chi connectivity index (χ1n) is 8.01. The lowest BCUT2D eigenvalue weighted by Gasteiger charge is -2.10. The zero-order chi connectivity index (χ0) is 17.4. The van der Waals surface area contributed by atoms with Crippen LogP contribution < -0.4 is 10.6 Å². The first kappa shape index (κ1) is 17.5. The highest BCUT2D eigenvalue weighted by Gasteiger charge is 2.15. The van der Waals surface area contributed by atoms with Gasteiger partial charge in [-0.25, -0.2) is 0 Å². The minimum Gasteiger partial charge on any atom is -0.465 e. The van der Waals surface area contributed by atoms with Gasteiger partial charge in [-0.2, -0.15) is 0 Å². The lowest BCUT2D eigenvalue weighted by atomic mass is 10.1. The normalized spacial score (nSPS) is 11.2. The fraction of sp³-hybridized carbons (Fsp3) is 0.263. The molecule has 5 nitrogen and oxygen atoms in total. The molecule has 0 fully saturated rings. The van der Waals surface area contributed by atoms with E-state index in [2.05, 4.69) is 10.6 Å². The number of aryl methyl sites for hydroxylation is 1. The highest BCUT2D eigenvalue weighted by atomic mass is 16.3. The third kappa shape index (κ3) is 5.12. The molecule has 0 aliphatic heterocycles. The van der Waals surface area contributed by atoms with E-state index in [0.29, 0.717) is 17.9 Å². The molecule has 0 aliphatic rings. The fourth-order valence-electron chi connectivity index (χ4n) is 2.13. The van der Waals surface area contributed by atoms with Crippen LogP contribution in [0.2, 0.25) is 0 Å². The lowest BCUT2D eigenvalue weighted by Crippen LogP contribution is -2.35. The molecule has 1 heterocycles. The minimum atomic E-state index is -0.333. The van der Waals surface area contributed by atoms with Gasteiger partial charge >= 0.3 is 0 Å². The average molecular weight is 326 g/mol. The van der Waals surface area contributed by atoms with Gasteiger partial charge in [0.05, 0.1) is 6.26 Å². The standard InChI is InChI=1S/C19H22N2O3/c1-3-4-10-20-19(23)17(13-16-9-6-11-24-16)21-18(22)15-8-5-7-14(2)12-15/h5-9,11-13H,3-4,10H2,1-2H3,(H,20,23)(H,21,22)/b17-13-. The number of rotatable bonds is 7. The van der Waals surface area contributed by atoms with E-state index in [-0.39, 0.29) is 17.5 Å². The SMILES string of the molecule is CCCCNC(=O)/C(=C/c1ccco1)NC(=O)c1cccc(C)c1. The van der Waals surface area contributed by atoms with Crippen molar-refractivity contribution in [3.63, 3.8) is 0 Å². The van der Waals surface area contributed by atoms with Gasteiger partial charge in [0.2, 0.25) is 0 Å². The third-order valence-corrected chi connectivity index (χ3v) is 3.42. The van der Waals surface area contributed by atoms with Gasteiger partial charge < -0.3 is 15.1 Å². The van der Waals surface area contributed by atoms with Crippen LogP contribution >= 0.6 is 0 Å². The summed E-state index contributed by atoms with van der Waals surface area (Å²) in [6.45, 7) is 4.52. The number of amides is 2. The summed E-state index contributed by atoms with van der Waals surface area (Å²) < 4.78 is 5.24. The quantitative estimate of drug-likeness (QED) is 0.606. The molecular weight excluding hydrogens is 304 g/mol. The molecular formula is C19H22N2O3. The van der Waals surface area contributed by atoms with E-state index in [1.165, 1.54) is 12.3 Å². The molecule has 126 valence electrons. The molecule has 2 rings (SSSR count). The second-order valence-corrected chi connectivity index (χ2v) is 5.51. The van der Waals surface area contributed by atoms with Crippen molar-refractivity contribution in [2.24, 2.45) is 0 Å². The molecule has 0 saturated heterocycles. The van der Waals surface area contributed by atoms with E-state index in [1.807, 2.05) is 26.0 Å². The van der Waals surface area contributed by atoms with Crippen LogP contribution in [0.3, 0.4) is 0 Å². The number of carbonyl (C=O) groups excluding carboxylic acids is 2. The molecule has 0 unspecified atom stereocenters. The highest BCUT2D eigenvalue weighted by Crippen LogP contribution is 2.09. The number of unbranched alkanes of at least 4 members (excludes halogenated alkanes) is 1. The van der Waals surface area contributed by atoms with E-state index in [1.54, 1.807) is 24.3 Å². The summed E-state index contributed by atoms with van der Waals surface area (Å²) in [6.07, 6.45) is 4.90. The summed E-state index contributed by atoms with van der Waals surface area (Å²) in [5.74, 6) is -0.164. The summed E-state index contributed by atoms with van der Waals surface area (Å²) in [7, 11) is 0. The maximum Gasteiger partial charge on any atom is 0.267 e. The highest BCUT2D eigenvalue weighted by molar-refractivity contribution is 6.05. The molecule has 0 spiro atoms. The molecule has 24 heavy (non-hydrogen) atoms. The monoisotopic (exact) mass is 326 g/mol. The van der Waals surface area contributed by atoms with Crippen LogP contribution in [0.5, 0.6) is 0 Å². The van der Waals surface area contributed by atoms with E-state index in [9.17, 15) is 9.59 Å². The van der Waals surface area contributed by atoms with E-state index in [4.69, 9.17) is 4.42 Å². The average Bonchev–Trinajstić information content (AvgIpc) is 3.07. The second-order valence-electron chi connectivity index (χ2n) is 5.51. The zero-order valence-corrected chi connectivity index (χ0v) is 14.0. The number of benzene rings is 1. The van der Waals surface area contributed by atoms with Crippen LogP contribution in [0.4, 0.5) is 0 Å². The lowest BCUT2D eigenvalue weighted by molar-refractivity contribution is -0.117. The second kappa shape index (κ2) is 8.72. The summed E-state index contributed by atoms with van der Waals surface area (Å²) in [5.41, 5.74) is 1.64. The molecule has 5 heteroatoms. The number of nitrogens with one attached hydrogen (secondary N) is 2. The maximum absolute atomic E-state index is 12.4.